The van der Waals surface area contributed by atoms with Gasteiger partial charge in [-0.1, -0.05) is 12.1 Å². The first-order chi connectivity index (χ1) is 11.9. The highest BCUT2D eigenvalue weighted by atomic mass is 16.5. The van der Waals surface area contributed by atoms with Crippen LogP contribution in [0.3, 0.4) is 0 Å². The van der Waals surface area contributed by atoms with Crippen LogP contribution in [-0.4, -0.2) is 68.8 Å². The lowest BCUT2D eigenvalue weighted by Crippen LogP contribution is -3.16. The third-order valence-corrected chi connectivity index (χ3v) is 5.56. The zero-order valence-electron chi connectivity index (χ0n) is 16.0. The van der Waals surface area contributed by atoms with Crippen LogP contribution in [0.2, 0.25) is 0 Å². The highest BCUT2D eigenvalue weighted by molar-refractivity contribution is 5.77. The lowest BCUT2D eigenvalue weighted by atomic mass is 10.1. The summed E-state index contributed by atoms with van der Waals surface area (Å²) in [5, 5.41) is 0. The third kappa shape index (κ3) is 4.33. The molecule has 2 saturated heterocycles. The summed E-state index contributed by atoms with van der Waals surface area (Å²) < 4.78 is 5.73. The molecule has 0 aliphatic carbocycles. The minimum absolute atomic E-state index is 0.142. The number of rotatable bonds is 3. The maximum atomic E-state index is 12.6. The number of morpholine rings is 1. The van der Waals surface area contributed by atoms with Crippen LogP contribution in [0, 0.1) is 13.8 Å². The van der Waals surface area contributed by atoms with E-state index < -0.39 is 0 Å². The molecular weight excluding hydrogens is 314 g/mol. The maximum Gasteiger partial charge on any atom is 0.277 e. The van der Waals surface area contributed by atoms with Gasteiger partial charge in [-0.2, -0.15) is 0 Å². The number of nitrogens with one attached hydrogen (secondary N) is 1. The van der Waals surface area contributed by atoms with Gasteiger partial charge in [0, 0.05) is 18.8 Å². The lowest BCUT2D eigenvalue weighted by molar-refractivity contribution is -0.892. The van der Waals surface area contributed by atoms with E-state index >= 15 is 0 Å². The van der Waals surface area contributed by atoms with Crippen LogP contribution in [-0.2, 0) is 9.53 Å². The first-order valence-electron chi connectivity index (χ1n) is 9.52. The second-order valence-electron chi connectivity index (χ2n) is 7.69. The van der Waals surface area contributed by atoms with Crippen LogP contribution in [0.5, 0.6) is 0 Å². The van der Waals surface area contributed by atoms with E-state index in [9.17, 15) is 4.79 Å². The second-order valence-corrected chi connectivity index (χ2v) is 7.69. The lowest BCUT2D eigenvalue weighted by Gasteiger charge is -2.37. The van der Waals surface area contributed by atoms with E-state index in [1.165, 1.54) is 21.7 Å². The average molecular weight is 346 g/mol. The van der Waals surface area contributed by atoms with Crippen molar-refractivity contribution in [3.8, 4) is 0 Å². The fraction of sp³-hybridized carbons (Fsp3) is 0.650. The second kappa shape index (κ2) is 7.75. The highest BCUT2D eigenvalue weighted by Gasteiger charge is 2.29. The molecule has 1 aromatic carbocycles. The molecular formula is C20H32N3O2+. The SMILES string of the molecule is Cc1cccc(N2CC[NH+](CC(=O)N3C[C@H](C)O[C@@H](C)C3)CC2)c1C. The Morgan fingerprint density at radius 1 is 1.16 bits per heavy atom. The molecule has 2 fully saturated rings. The number of quaternary nitrogens is 1. The van der Waals surface area contributed by atoms with Crippen LogP contribution in [0.15, 0.2) is 18.2 Å². The summed E-state index contributed by atoms with van der Waals surface area (Å²) in [4.78, 5) is 18.5. The van der Waals surface area contributed by atoms with E-state index in [4.69, 9.17) is 4.74 Å². The average Bonchev–Trinajstić information content (AvgIpc) is 2.57. The molecule has 2 aliphatic rings. The molecule has 0 bridgehead atoms. The van der Waals surface area contributed by atoms with Crippen molar-refractivity contribution in [2.75, 3.05) is 50.7 Å². The fourth-order valence-electron chi connectivity index (χ4n) is 4.03. The molecule has 2 heterocycles. The van der Waals surface area contributed by atoms with Gasteiger partial charge in [-0.15, -0.1) is 0 Å². The van der Waals surface area contributed by atoms with E-state index in [0.717, 1.165) is 39.3 Å². The number of aryl methyl sites for hydroxylation is 1. The van der Waals surface area contributed by atoms with Gasteiger partial charge >= 0.3 is 0 Å². The largest absolute Gasteiger partial charge is 0.372 e. The van der Waals surface area contributed by atoms with Crippen LogP contribution < -0.4 is 9.80 Å². The summed E-state index contributed by atoms with van der Waals surface area (Å²) in [6.45, 7) is 14.6. The molecule has 5 heteroatoms. The molecule has 0 spiro atoms. The molecule has 0 aromatic heterocycles. The maximum absolute atomic E-state index is 12.6. The smallest absolute Gasteiger partial charge is 0.277 e. The Bertz CT molecular complexity index is 601. The molecule has 138 valence electrons. The van der Waals surface area contributed by atoms with Crippen molar-refractivity contribution in [3.05, 3.63) is 29.3 Å². The predicted molar refractivity (Wildman–Crippen MR) is 100 cm³/mol. The first kappa shape index (κ1) is 18.2. The highest BCUT2D eigenvalue weighted by Crippen LogP contribution is 2.22. The number of anilines is 1. The summed E-state index contributed by atoms with van der Waals surface area (Å²) in [6.07, 6.45) is 0.285. The van der Waals surface area contributed by atoms with Gasteiger partial charge in [-0.25, -0.2) is 0 Å². The molecule has 1 amide bonds. The molecule has 1 N–H and O–H groups in total. The van der Waals surface area contributed by atoms with Crippen molar-refractivity contribution in [1.29, 1.82) is 0 Å². The molecule has 3 rings (SSSR count). The monoisotopic (exact) mass is 346 g/mol. The molecule has 2 atom stereocenters. The quantitative estimate of drug-likeness (QED) is 0.873. The number of hydrogen-bond acceptors (Lipinski definition) is 3. The van der Waals surface area contributed by atoms with Gasteiger partial charge in [0.15, 0.2) is 6.54 Å². The van der Waals surface area contributed by atoms with Gasteiger partial charge < -0.3 is 19.4 Å². The van der Waals surface area contributed by atoms with Gasteiger partial charge in [-0.05, 0) is 44.9 Å². The molecule has 1 aromatic rings. The fourth-order valence-corrected chi connectivity index (χ4v) is 4.03. The Balaban J connectivity index is 1.52. The molecule has 25 heavy (non-hydrogen) atoms. The molecule has 0 radical (unpaired) electrons. The predicted octanol–water partition coefficient (Wildman–Crippen LogP) is 0.644. The minimum atomic E-state index is 0.142. The van der Waals surface area contributed by atoms with E-state index in [-0.39, 0.29) is 18.1 Å². The van der Waals surface area contributed by atoms with Crippen molar-refractivity contribution in [3.63, 3.8) is 0 Å². The number of benzene rings is 1. The van der Waals surface area contributed by atoms with Crippen molar-refractivity contribution < 1.29 is 14.4 Å². The zero-order chi connectivity index (χ0) is 18.0. The Hall–Kier alpha value is -1.59. The standard InChI is InChI=1S/C20H31N3O2/c1-15-6-5-7-19(18(15)4)22-10-8-21(9-11-22)14-20(24)23-12-16(2)25-17(3)13-23/h5-7,16-17H,8-14H2,1-4H3/p+1/t16-,17-/m0/s1. The number of carbonyl (C=O) groups is 1. The van der Waals surface area contributed by atoms with Crippen molar-refractivity contribution in [2.45, 2.75) is 39.9 Å². The van der Waals surface area contributed by atoms with Gasteiger partial charge in [0.05, 0.1) is 38.4 Å². The number of ether oxygens (including phenoxy) is 1. The van der Waals surface area contributed by atoms with Crippen LogP contribution in [0.25, 0.3) is 0 Å². The summed E-state index contributed by atoms with van der Waals surface area (Å²) in [5.41, 5.74) is 4.07. The van der Waals surface area contributed by atoms with Crippen LogP contribution in [0.4, 0.5) is 5.69 Å². The van der Waals surface area contributed by atoms with Crippen LogP contribution in [0.1, 0.15) is 25.0 Å². The molecule has 2 aliphatic heterocycles. The summed E-state index contributed by atoms with van der Waals surface area (Å²) in [5.74, 6) is 0.275. The van der Waals surface area contributed by atoms with Crippen molar-refractivity contribution >= 4 is 11.6 Å². The first-order valence-corrected chi connectivity index (χ1v) is 9.52. The normalized spacial score (nSPS) is 25.3. The Kier molecular flexibility index (Phi) is 5.64. The van der Waals surface area contributed by atoms with E-state index in [0.29, 0.717) is 6.54 Å². The van der Waals surface area contributed by atoms with Crippen LogP contribution >= 0.6 is 0 Å². The summed E-state index contributed by atoms with van der Waals surface area (Å²) in [7, 11) is 0. The minimum Gasteiger partial charge on any atom is -0.372 e. The molecule has 5 nitrogen and oxygen atoms in total. The third-order valence-electron chi connectivity index (χ3n) is 5.56. The Labute approximate surface area is 151 Å². The topological polar surface area (TPSA) is 37.2 Å². The molecule has 0 saturated carbocycles. The van der Waals surface area contributed by atoms with Crippen molar-refractivity contribution in [2.24, 2.45) is 0 Å². The number of amides is 1. The van der Waals surface area contributed by atoms with E-state index in [2.05, 4.69) is 36.9 Å². The van der Waals surface area contributed by atoms with E-state index in [1.807, 2.05) is 18.7 Å². The summed E-state index contributed by atoms with van der Waals surface area (Å²) in [6, 6.07) is 6.53. The number of hydrogen-bond donors (Lipinski definition) is 1. The van der Waals surface area contributed by atoms with Gasteiger partial charge in [0.2, 0.25) is 0 Å². The van der Waals surface area contributed by atoms with Crippen molar-refractivity contribution in [1.82, 2.24) is 4.90 Å². The van der Waals surface area contributed by atoms with Gasteiger partial charge in [0.1, 0.15) is 0 Å². The van der Waals surface area contributed by atoms with Gasteiger partial charge in [-0.3, -0.25) is 4.79 Å². The zero-order valence-corrected chi connectivity index (χ0v) is 16.0. The number of nitrogens with zero attached hydrogens (tertiary/aromatic N) is 2. The number of carbonyl (C=O) groups excluding carboxylic acids is 1. The Morgan fingerprint density at radius 3 is 2.44 bits per heavy atom. The molecule has 0 unspecified atom stereocenters. The summed E-state index contributed by atoms with van der Waals surface area (Å²) >= 11 is 0. The van der Waals surface area contributed by atoms with E-state index in [1.54, 1.807) is 0 Å². The Morgan fingerprint density at radius 2 is 1.80 bits per heavy atom. The van der Waals surface area contributed by atoms with Gasteiger partial charge in [0.25, 0.3) is 5.91 Å². The number of piperazine rings is 1.